The van der Waals surface area contributed by atoms with Crippen molar-refractivity contribution in [2.24, 2.45) is 0 Å². The molecule has 0 aliphatic rings. The Labute approximate surface area is 131 Å². The molecule has 0 saturated heterocycles. The molecule has 0 nitrogen and oxygen atoms in total. The second kappa shape index (κ2) is 7.11. The molecular weight excluding hydrogens is 264 g/mol. The van der Waals surface area contributed by atoms with Crippen molar-refractivity contribution >= 4 is 11.6 Å². The van der Waals surface area contributed by atoms with E-state index in [9.17, 15) is 0 Å². The van der Waals surface area contributed by atoms with Gasteiger partial charge in [-0.1, -0.05) is 90.7 Å². The van der Waals surface area contributed by atoms with Crippen LogP contribution >= 0.6 is 0 Å². The van der Waals surface area contributed by atoms with Crippen LogP contribution in [0.3, 0.4) is 0 Å². The number of hydrogen-bond donors (Lipinski definition) is 0. The first-order valence-electron chi connectivity index (χ1n) is 7.31. The van der Waals surface area contributed by atoms with Crippen LogP contribution < -0.4 is 0 Å². The Kier molecular flexibility index (Phi) is 4.50. The van der Waals surface area contributed by atoms with Gasteiger partial charge in [0.2, 0.25) is 0 Å². The lowest BCUT2D eigenvalue weighted by Gasteiger charge is -2.01. The van der Waals surface area contributed by atoms with Crippen molar-refractivity contribution in [3.63, 3.8) is 0 Å². The number of benzene rings is 3. The number of rotatable bonds is 2. The highest BCUT2D eigenvalue weighted by molar-refractivity contribution is 5.91. The molecule has 0 unspecified atom stereocenters. The minimum atomic E-state index is 1.02. The summed E-state index contributed by atoms with van der Waals surface area (Å²) in [6.07, 6.45) is 2.13. The number of allylic oxidation sites excluding steroid dienone is 1. The standard InChI is InChI=1S/C22H16/c1-4-10-19(11-5-1)16-17-22(21-14-8-3-9-15-21)18-20-12-6-2-7-13-20/h1-15,18H/b22-18+. The van der Waals surface area contributed by atoms with Gasteiger partial charge in [0.25, 0.3) is 0 Å². The first-order valence-corrected chi connectivity index (χ1v) is 7.31. The fourth-order valence-electron chi connectivity index (χ4n) is 2.19. The van der Waals surface area contributed by atoms with Gasteiger partial charge in [0.1, 0.15) is 0 Å². The zero-order valence-electron chi connectivity index (χ0n) is 12.2. The van der Waals surface area contributed by atoms with Crippen LogP contribution in [-0.2, 0) is 0 Å². The van der Waals surface area contributed by atoms with Crippen molar-refractivity contribution in [2.45, 2.75) is 0 Å². The van der Waals surface area contributed by atoms with E-state index in [1.165, 1.54) is 0 Å². The lowest BCUT2D eigenvalue weighted by molar-refractivity contribution is 1.62. The second-order valence-electron chi connectivity index (χ2n) is 4.95. The van der Waals surface area contributed by atoms with Gasteiger partial charge in [-0.15, -0.1) is 0 Å². The molecule has 3 aromatic carbocycles. The van der Waals surface area contributed by atoms with E-state index in [2.05, 4.69) is 42.2 Å². The van der Waals surface area contributed by atoms with Gasteiger partial charge in [0.05, 0.1) is 0 Å². The van der Waals surface area contributed by atoms with Crippen molar-refractivity contribution in [3.05, 3.63) is 108 Å². The van der Waals surface area contributed by atoms with Gasteiger partial charge < -0.3 is 0 Å². The summed E-state index contributed by atoms with van der Waals surface area (Å²) in [5.74, 6) is 6.56. The summed E-state index contributed by atoms with van der Waals surface area (Å²) < 4.78 is 0. The van der Waals surface area contributed by atoms with Crippen LogP contribution in [0.25, 0.3) is 11.6 Å². The molecule has 22 heavy (non-hydrogen) atoms. The van der Waals surface area contributed by atoms with E-state index in [1.54, 1.807) is 0 Å². The highest BCUT2D eigenvalue weighted by Gasteiger charge is 1.98. The van der Waals surface area contributed by atoms with E-state index in [-0.39, 0.29) is 0 Å². The minimum absolute atomic E-state index is 1.02. The van der Waals surface area contributed by atoms with E-state index in [4.69, 9.17) is 0 Å². The highest BCUT2D eigenvalue weighted by atomic mass is 14.0. The predicted octanol–water partition coefficient (Wildman–Crippen LogP) is 5.28. The molecule has 3 aromatic rings. The molecule has 3 rings (SSSR count). The summed E-state index contributed by atoms with van der Waals surface area (Å²) in [5, 5.41) is 0. The molecule has 0 N–H and O–H groups in total. The van der Waals surface area contributed by atoms with Crippen LogP contribution in [0, 0.1) is 11.8 Å². The summed E-state index contributed by atoms with van der Waals surface area (Å²) in [5.41, 5.74) is 4.34. The fourth-order valence-corrected chi connectivity index (χ4v) is 2.19. The van der Waals surface area contributed by atoms with Gasteiger partial charge in [0.15, 0.2) is 0 Å². The highest BCUT2D eigenvalue weighted by Crippen LogP contribution is 2.17. The molecule has 0 fully saturated rings. The Morgan fingerprint density at radius 1 is 0.636 bits per heavy atom. The maximum absolute atomic E-state index is 3.31. The molecule has 0 aromatic heterocycles. The lowest BCUT2D eigenvalue weighted by Crippen LogP contribution is -1.82. The topological polar surface area (TPSA) is 0 Å². The molecule has 0 aliphatic carbocycles. The zero-order chi connectivity index (χ0) is 15.0. The number of hydrogen-bond acceptors (Lipinski definition) is 0. The van der Waals surface area contributed by atoms with E-state index < -0.39 is 0 Å². The van der Waals surface area contributed by atoms with Crippen molar-refractivity contribution in [1.29, 1.82) is 0 Å². The van der Waals surface area contributed by atoms with E-state index >= 15 is 0 Å². The summed E-state index contributed by atoms with van der Waals surface area (Å²) in [6, 6.07) is 30.6. The normalized spacial score (nSPS) is 10.6. The Balaban J connectivity index is 2.01. The Hall–Kier alpha value is -3.04. The molecule has 0 radical (unpaired) electrons. The van der Waals surface area contributed by atoms with Crippen LogP contribution in [0.5, 0.6) is 0 Å². The Bertz CT molecular complexity index is 801. The molecule has 0 saturated carbocycles. The third-order valence-electron chi connectivity index (χ3n) is 3.31. The molecule has 104 valence electrons. The lowest BCUT2D eigenvalue weighted by atomic mass is 10.0. The third kappa shape index (κ3) is 3.75. The summed E-state index contributed by atoms with van der Waals surface area (Å²) in [4.78, 5) is 0. The van der Waals surface area contributed by atoms with E-state index in [0.29, 0.717) is 0 Å². The van der Waals surface area contributed by atoms with E-state index in [1.807, 2.05) is 66.7 Å². The summed E-state index contributed by atoms with van der Waals surface area (Å²) in [7, 11) is 0. The average molecular weight is 280 g/mol. The summed E-state index contributed by atoms with van der Waals surface area (Å²) >= 11 is 0. The van der Waals surface area contributed by atoms with Crippen LogP contribution in [0.2, 0.25) is 0 Å². The van der Waals surface area contributed by atoms with Crippen LogP contribution in [0.1, 0.15) is 16.7 Å². The van der Waals surface area contributed by atoms with E-state index in [0.717, 1.165) is 22.3 Å². The molecular formula is C22H16. The van der Waals surface area contributed by atoms with Gasteiger partial charge in [-0.25, -0.2) is 0 Å². The van der Waals surface area contributed by atoms with Crippen LogP contribution in [0.15, 0.2) is 91.0 Å². The van der Waals surface area contributed by atoms with Crippen LogP contribution in [0.4, 0.5) is 0 Å². The van der Waals surface area contributed by atoms with Crippen molar-refractivity contribution in [2.75, 3.05) is 0 Å². The largest absolute Gasteiger partial charge is 0.0622 e. The quantitative estimate of drug-likeness (QED) is 0.442. The monoisotopic (exact) mass is 280 g/mol. The molecule has 0 bridgehead atoms. The third-order valence-corrected chi connectivity index (χ3v) is 3.31. The average Bonchev–Trinajstić information content (AvgIpc) is 2.61. The Morgan fingerprint density at radius 3 is 1.82 bits per heavy atom. The molecule has 0 amide bonds. The van der Waals surface area contributed by atoms with Crippen molar-refractivity contribution < 1.29 is 0 Å². The fraction of sp³-hybridized carbons (Fsp3) is 0. The van der Waals surface area contributed by atoms with Crippen molar-refractivity contribution in [3.8, 4) is 11.8 Å². The van der Waals surface area contributed by atoms with Gasteiger partial charge in [-0.3, -0.25) is 0 Å². The first kappa shape index (κ1) is 13.9. The smallest absolute Gasteiger partial charge is 0.0327 e. The SMILES string of the molecule is C(#Cc1ccccc1)/C(=C\c1ccccc1)c1ccccc1. The molecule has 0 spiro atoms. The maximum atomic E-state index is 3.31. The second-order valence-corrected chi connectivity index (χ2v) is 4.95. The van der Waals surface area contributed by atoms with Crippen molar-refractivity contribution in [1.82, 2.24) is 0 Å². The molecule has 0 heteroatoms. The molecule has 0 aliphatic heterocycles. The van der Waals surface area contributed by atoms with Gasteiger partial charge in [-0.05, 0) is 29.3 Å². The Morgan fingerprint density at radius 2 is 1.18 bits per heavy atom. The molecule has 0 heterocycles. The van der Waals surface area contributed by atoms with Gasteiger partial charge in [-0.2, -0.15) is 0 Å². The summed E-state index contributed by atoms with van der Waals surface area (Å²) in [6.45, 7) is 0. The zero-order valence-corrected chi connectivity index (χ0v) is 12.2. The van der Waals surface area contributed by atoms with Gasteiger partial charge in [0, 0.05) is 11.1 Å². The van der Waals surface area contributed by atoms with Crippen LogP contribution in [-0.4, -0.2) is 0 Å². The molecule has 0 atom stereocenters. The van der Waals surface area contributed by atoms with Gasteiger partial charge >= 0.3 is 0 Å². The predicted molar refractivity (Wildman–Crippen MR) is 94.1 cm³/mol. The first-order chi connectivity index (χ1) is 10.9. The maximum Gasteiger partial charge on any atom is 0.0327 e. The minimum Gasteiger partial charge on any atom is -0.0622 e.